The van der Waals surface area contributed by atoms with E-state index in [1.807, 2.05) is 0 Å². The van der Waals surface area contributed by atoms with Gasteiger partial charge < -0.3 is 46.2 Å². The van der Waals surface area contributed by atoms with Crippen LogP contribution in [0.25, 0.3) is 0 Å². The first-order valence-corrected chi connectivity index (χ1v) is 18.3. The molecule has 21 nitrogen and oxygen atoms in total. The number of ether oxygens (including phenoxy) is 2. The average molecular weight is 825 g/mol. The van der Waals surface area contributed by atoms with Crippen molar-refractivity contribution in [3.63, 3.8) is 0 Å². The van der Waals surface area contributed by atoms with Crippen molar-refractivity contribution in [3.8, 4) is 11.5 Å². The van der Waals surface area contributed by atoms with Crippen LogP contribution < -0.4 is 31.2 Å². The number of nitrogen functional groups attached to an aromatic ring is 1. The number of benzene rings is 1. The number of esters is 2. The number of thioether (sulfide) groups is 1. The van der Waals surface area contributed by atoms with E-state index in [4.69, 9.17) is 20.0 Å². The number of hydrogen-bond acceptors (Lipinski definition) is 17. The van der Waals surface area contributed by atoms with Gasteiger partial charge in [-0.1, -0.05) is 5.16 Å². The summed E-state index contributed by atoms with van der Waals surface area (Å²) in [4.78, 5) is 113. The summed E-state index contributed by atoms with van der Waals surface area (Å²) in [5, 5.41) is 31.4. The van der Waals surface area contributed by atoms with Crippen LogP contribution in [0.5, 0.6) is 11.5 Å². The second-order valence-corrected chi connectivity index (χ2v) is 14.4. The zero-order chi connectivity index (χ0) is 41.8. The third kappa shape index (κ3) is 9.50. The van der Waals surface area contributed by atoms with Crippen LogP contribution in [-0.2, 0) is 33.6 Å². The molecule has 0 radical (unpaired) electrons. The summed E-state index contributed by atoms with van der Waals surface area (Å²) in [5.41, 5.74) is 3.25. The highest BCUT2D eigenvalue weighted by Gasteiger charge is 2.54. The van der Waals surface area contributed by atoms with E-state index >= 15 is 0 Å². The van der Waals surface area contributed by atoms with E-state index in [9.17, 15) is 48.6 Å². The molecule has 4 amide bonds. The maximum atomic E-state index is 13.3. The van der Waals surface area contributed by atoms with E-state index in [2.05, 4.69) is 31.1 Å². The van der Waals surface area contributed by atoms with E-state index in [1.165, 1.54) is 49.6 Å². The molecule has 2 aliphatic heterocycles. The molecule has 3 aromatic rings. The molecule has 0 spiro atoms. The number of fused-ring (bicyclic) bond motifs is 1. The Morgan fingerprint density at radius 2 is 1.70 bits per heavy atom. The van der Waals surface area contributed by atoms with E-state index < -0.39 is 70.2 Å². The third-order valence-electron chi connectivity index (χ3n) is 7.83. The van der Waals surface area contributed by atoms with Crippen molar-refractivity contribution in [1.29, 1.82) is 0 Å². The number of nitrogens with zero attached hydrogens (tertiary/aromatic N) is 4. The molecule has 2 aromatic heterocycles. The molecule has 1 saturated heterocycles. The van der Waals surface area contributed by atoms with Gasteiger partial charge in [-0.15, -0.1) is 23.1 Å². The van der Waals surface area contributed by atoms with Crippen LogP contribution in [0.4, 0.5) is 10.8 Å². The van der Waals surface area contributed by atoms with Gasteiger partial charge in [-0.25, -0.2) is 14.6 Å². The molecule has 0 saturated carbocycles. The molecule has 2 aliphatic rings. The number of oxime groups is 1. The predicted octanol–water partition coefficient (Wildman–Crippen LogP) is 0.976. The summed E-state index contributed by atoms with van der Waals surface area (Å²) >= 11 is 2.09. The summed E-state index contributed by atoms with van der Waals surface area (Å²) in [6, 6.07) is 5.35. The molecule has 7 N–H and O–H groups in total. The van der Waals surface area contributed by atoms with Gasteiger partial charge >= 0.3 is 23.9 Å². The molecule has 0 aliphatic carbocycles. The molecule has 2 atom stereocenters. The predicted molar refractivity (Wildman–Crippen MR) is 199 cm³/mol. The molecule has 57 heavy (non-hydrogen) atoms. The van der Waals surface area contributed by atoms with Crippen LogP contribution in [-0.4, -0.2) is 108 Å². The van der Waals surface area contributed by atoms with Crippen molar-refractivity contribution in [2.24, 2.45) is 5.16 Å². The number of aliphatic carboxylic acids is 2. The Labute approximate surface area is 329 Å². The molecule has 4 heterocycles. The first kappa shape index (κ1) is 41.3. The zero-order valence-electron chi connectivity index (χ0n) is 30.2. The molecule has 1 aromatic carbocycles. The highest BCUT2D eigenvalue weighted by atomic mass is 32.2. The molecule has 298 valence electrons. The Hall–Kier alpha value is -6.88. The van der Waals surface area contributed by atoms with E-state index in [-0.39, 0.29) is 62.8 Å². The Bertz CT molecular complexity index is 2250. The Morgan fingerprint density at radius 3 is 2.30 bits per heavy atom. The summed E-state index contributed by atoms with van der Waals surface area (Å²) < 4.78 is 10.1. The maximum Gasteiger partial charge on any atom is 0.352 e. The number of nitrogens with two attached hydrogens (primary N) is 1. The van der Waals surface area contributed by atoms with Gasteiger partial charge in [0, 0.05) is 49.5 Å². The van der Waals surface area contributed by atoms with Gasteiger partial charge in [0.15, 0.2) is 22.3 Å². The number of hydrogen-bond donors (Lipinski definition) is 6. The number of thiazole rings is 1. The highest BCUT2D eigenvalue weighted by Crippen LogP contribution is 2.40. The first-order valence-electron chi connectivity index (χ1n) is 16.3. The van der Waals surface area contributed by atoms with E-state index in [0.29, 0.717) is 0 Å². The standard InChI is InChI=1S/C34H32N8O13S2/c1-14(43)53-21-8-6-18(9-22(21)54-15(2)44)38-27(46)19-7-5-16(10-36-19)26(45)37-11-17-12-56-30-24(29(48)42(30)25(17)31(49)50)40-28(47)23(20-13-57-33(35)39-20)41-55-34(3,4)32(51)52/h5-10,13,24,30H,11-12H2,1-4H3,(H2,35,39)(H,37,45)(H,38,46)(H,40,47)(H,49,50)(H,51,52)/b41-23-/t24?,30-/m1/s1. The zero-order valence-corrected chi connectivity index (χ0v) is 31.8. The first-order chi connectivity index (χ1) is 26.9. The van der Waals surface area contributed by atoms with Gasteiger partial charge in [0.1, 0.15) is 28.5 Å². The fraction of sp³-hybridized carbons (Fsp3) is 0.265. The summed E-state index contributed by atoms with van der Waals surface area (Å²) in [7, 11) is 0. The number of carbonyl (C=O) groups excluding carboxylic acids is 6. The largest absolute Gasteiger partial charge is 0.478 e. The van der Waals surface area contributed by atoms with Crippen LogP contribution in [0.2, 0.25) is 0 Å². The number of carbonyl (C=O) groups is 8. The van der Waals surface area contributed by atoms with Crippen LogP contribution in [0, 0.1) is 0 Å². The third-order valence-corrected chi connectivity index (χ3v) is 9.84. The minimum absolute atomic E-state index is 0.0195. The van der Waals surface area contributed by atoms with Crippen molar-refractivity contribution in [1.82, 2.24) is 25.5 Å². The molecule has 0 bridgehead atoms. The number of aromatic nitrogens is 2. The smallest absolute Gasteiger partial charge is 0.352 e. The number of carboxylic acid groups (broad SMARTS) is 2. The SMILES string of the molecule is CC(=O)Oc1ccc(NC(=O)c2ccc(C(=O)NCC3=C(C(=O)O)N4C(=O)C(NC(=O)/C(=N\OC(C)(C)C(=O)O)c5csc(N)n5)[C@H]4SC3)cn2)cc1OC(C)=O. The lowest BCUT2D eigenvalue weighted by atomic mass is 10.0. The van der Waals surface area contributed by atoms with Crippen LogP contribution in [0.1, 0.15) is 54.2 Å². The minimum atomic E-state index is -1.83. The van der Waals surface area contributed by atoms with Crippen LogP contribution >= 0.6 is 23.1 Å². The molecule has 1 unspecified atom stereocenters. The number of carboxylic acids is 2. The number of β-lactam (4-membered cyclic amide) rings is 1. The highest BCUT2D eigenvalue weighted by molar-refractivity contribution is 8.00. The quantitative estimate of drug-likeness (QED) is 0.0434. The average Bonchev–Trinajstić information content (AvgIpc) is 3.58. The summed E-state index contributed by atoms with van der Waals surface area (Å²) in [6.45, 7) is 4.43. The number of rotatable bonds is 14. The van der Waals surface area contributed by atoms with Gasteiger partial charge in [-0.2, -0.15) is 0 Å². The van der Waals surface area contributed by atoms with Crippen LogP contribution in [0.3, 0.4) is 0 Å². The molecule has 23 heteroatoms. The van der Waals surface area contributed by atoms with Gasteiger partial charge in [0.25, 0.3) is 23.6 Å². The van der Waals surface area contributed by atoms with E-state index in [1.54, 1.807) is 0 Å². The van der Waals surface area contributed by atoms with Gasteiger partial charge in [0.2, 0.25) is 5.60 Å². The van der Waals surface area contributed by atoms with Gasteiger partial charge in [-0.05, 0) is 43.7 Å². The normalized spacial score (nSPS) is 16.4. The van der Waals surface area contributed by atoms with Crippen LogP contribution in [0.15, 0.2) is 58.3 Å². The van der Waals surface area contributed by atoms with Crippen molar-refractivity contribution < 1.29 is 62.9 Å². The topological polar surface area (TPSA) is 308 Å². The monoisotopic (exact) mass is 824 g/mol. The lowest BCUT2D eigenvalue weighted by molar-refractivity contribution is -0.161. The van der Waals surface area contributed by atoms with E-state index in [0.717, 1.165) is 48.0 Å². The second kappa shape index (κ2) is 16.9. The molecule has 5 rings (SSSR count). The number of amides is 4. The van der Waals surface area contributed by atoms with Crippen molar-refractivity contribution >= 4 is 87.1 Å². The Kier molecular flexibility index (Phi) is 12.2. The minimum Gasteiger partial charge on any atom is -0.478 e. The fourth-order valence-electron chi connectivity index (χ4n) is 5.03. The molecular weight excluding hydrogens is 793 g/mol. The van der Waals surface area contributed by atoms with Crippen molar-refractivity contribution in [2.45, 2.75) is 44.7 Å². The number of anilines is 2. The van der Waals surface area contributed by atoms with Gasteiger partial charge in [-0.3, -0.25) is 38.7 Å². The van der Waals surface area contributed by atoms with Gasteiger partial charge in [0.05, 0.1) is 5.56 Å². The number of pyridine rings is 1. The molecule has 1 fully saturated rings. The summed E-state index contributed by atoms with van der Waals surface area (Å²) in [5.74, 6) is -7.38. The van der Waals surface area contributed by atoms with Crippen molar-refractivity contribution in [3.05, 3.63) is 70.1 Å². The lowest BCUT2D eigenvalue weighted by Crippen LogP contribution is -2.71. The Balaban J connectivity index is 1.22. The summed E-state index contributed by atoms with van der Waals surface area (Å²) in [6.07, 6.45) is 1.12. The maximum absolute atomic E-state index is 13.3. The number of nitrogens with one attached hydrogen (secondary N) is 3. The Morgan fingerprint density at radius 1 is 1.00 bits per heavy atom. The molecular formula is C34H32N8O13S2. The second-order valence-electron chi connectivity index (χ2n) is 12.5. The lowest BCUT2D eigenvalue weighted by Gasteiger charge is -2.49. The van der Waals surface area contributed by atoms with Crippen molar-refractivity contribution in [2.75, 3.05) is 23.3 Å². The fourth-order valence-corrected chi connectivity index (χ4v) is 6.93.